The molecule has 0 bridgehead atoms. The molecule has 3 heterocycles. The average molecular weight is 636 g/mol. The second-order valence-corrected chi connectivity index (χ2v) is 12.2. The first-order chi connectivity index (χ1) is 23.4. The fraction of sp³-hybridized carbons (Fsp3) is 0.205. The number of fused-ring (bicyclic) bond motifs is 2. The van der Waals surface area contributed by atoms with E-state index in [1.165, 1.54) is 0 Å². The van der Waals surface area contributed by atoms with Crippen LogP contribution in [0.3, 0.4) is 0 Å². The summed E-state index contributed by atoms with van der Waals surface area (Å²) in [7, 11) is 2.06. The van der Waals surface area contributed by atoms with Gasteiger partial charge >= 0.3 is 0 Å². The van der Waals surface area contributed by atoms with Crippen molar-refractivity contribution in [2.45, 2.75) is 45.7 Å². The van der Waals surface area contributed by atoms with E-state index in [1.54, 1.807) is 18.6 Å². The van der Waals surface area contributed by atoms with Crippen molar-refractivity contribution in [1.29, 1.82) is 0 Å². The lowest BCUT2D eigenvalue weighted by Crippen LogP contribution is -2.37. The van der Waals surface area contributed by atoms with Crippen LogP contribution in [0.25, 0.3) is 44.6 Å². The molecule has 0 fully saturated rings. The van der Waals surface area contributed by atoms with Gasteiger partial charge in [-0.25, -0.2) is 15.0 Å². The van der Waals surface area contributed by atoms with Gasteiger partial charge in [0.15, 0.2) is 0 Å². The van der Waals surface area contributed by atoms with Crippen molar-refractivity contribution in [2.75, 3.05) is 0 Å². The molecule has 240 valence electrons. The number of para-hydroxylation sites is 2. The molecular formula is C39H37N7O2. The molecule has 0 unspecified atom stereocenters. The van der Waals surface area contributed by atoms with Crippen molar-refractivity contribution in [1.82, 2.24) is 34.4 Å². The van der Waals surface area contributed by atoms with Crippen LogP contribution in [-0.4, -0.2) is 47.3 Å². The molecule has 4 aromatic carbocycles. The molecule has 1 amide bonds. The molecule has 0 aliphatic heterocycles. The number of aldehydes is 1. The maximum absolute atomic E-state index is 13.4. The van der Waals surface area contributed by atoms with E-state index in [-0.39, 0.29) is 5.91 Å². The van der Waals surface area contributed by atoms with E-state index >= 15 is 0 Å². The Labute approximate surface area is 278 Å². The Kier molecular flexibility index (Phi) is 8.42. The Morgan fingerprint density at radius 3 is 2.50 bits per heavy atom. The summed E-state index contributed by atoms with van der Waals surface area (Å²) in [6.45, 7) is 4.96. The standard InChI is InChI=1S/C39H37N7O2/c1-4-9-36-44-37-25(2)18-28(38-43-33-12-7-8-13-34(33)45(38)3)19-35(37)46(36)22-26-14-16-27(17-15-26)31-10-5-6-11-32(31)39(48)42-30(23-47)20-29-21-40-24-41-29/h5-8,10-19,21,23-24,30H,4,9,20,22H2,1-3H3,(H,40,41)(H,42,48)/t30-/m0/s1. The quantitative estimate of drug-likeness (QED) is 0.152. The molecule has 0 saturated carbocycles. The van der Waals surface area contributed by atoms with Crippen LogP contribution in [0.15, 0.2) is 97.5 Å². The van der Waals surface area contributed by atoms with Crippen LogP contribution in [0, 0.1) is 6.92 Å². The smallest absolute Gasteiger partial charge is 0.252 e. The van der Waals surface area contributed by atoms with E-state index in [4.69, 9.17) is 9.97 Å². The van der Waals surface area contributed by atoms with Gasteiger partial charge in [0.25, 0.3) is 5.91 Å². The predicted molar refractivity (Wildman–Crippen MR) is 189 cm³/mol. The highest BCUT2D eigenvalue weighted by Crippen LogP contribution is 2.31. The highest BCUT2D eigenvalue weighted by Gasteiger charge is 2.19. The Hall–Kier alpha value is -5.83. The molecule has 0 aliphatic carbocycles. The van der Waals surface area contributed by atoms with Crippen LogP contribution in [0.2, 0.25) is 0 Å². The highest BCUT2D eigenvalue weighted by molar-refractivity contribution is 6.02. The number of nitrogens with zero attached hydrogens (tertiary/aromatic N) is 5. The third-order valence-corrected chi connectivity index (χ3v) is 8.90. The molecule has 9 heteroatoms. The van der Waals surface area contributed by atoms with Crippen LogP contribution < -0.4 is 5.32 Å². The maximum atomic E-state index is 13.4. The summed E-state index contributed by atoms with van der Waals surface area (Å²) in [6, 6.07) is 27.7. The lowest BCUT2D eigenvalue weighted by Gasteiger charge is -2.15. The Morgan fingerprint density at radius 2 is 1.75 bits per heavy atom. The molecule has 0 saturated heterocycles. The fourth-order valence-corrected chi connectivity index (χ4v) is 6.48. The highest BCUT2D eigenvalue weighted by atomic mass is 16.2. The molecule has 1 atom stereocenters. The van der Waals surface area contributed by atoms with E-state index in [0.29, 0.717) is 18.5 Å². The van der Waals surface area contributed by atoms with E-state index < -0.39 is 6.04 Å². The summed E-state index contributed by atoms with van der Waals surface area (Å²) >= 11 is 0. The summed E-state index contributed by atoms with van der Waals surface area (Å²) in [5.74, 6) is 1.69. The average Bonchev–Trinajstić information content (AvgIpc) is 3.83. The first-order valence-corrected chi connectivity index (χ1v) is 16.3. The number of hydrogen-bond acceptors (Lipinski definition) is 5. The molecule has 0 aliphatic rings. The van der Waals surface area contributed by atoms with Crippen LogP contribution in [-0.2, 0) is 31.2 Å². The van der Waals surface area contributed by atoms with E-state index in [2.05, 4.69) is 87.8 Å². The minimum Gasteiger partial charge on any atom is -0.348 e. The monoisotopic (exact) mass is 635 g/mol. The number of carbonyl (C=O) groups excluding carboxylic acids is 2. The first-order valence-electron chi connectivity index (χ1n) is 16.3. The number of H-pyrrole nitrogens is 1. The molecular weight excluding hydrogens is 598 g/mol. The Balaban J connectivity index is 1.18. The van der Waals surface area contributed by atoms with Gasteiger partial charge in [0.05, 0.1) is 34.4 Å². The van der Waals surface area contributed by atoms with Gasteiger partial charge in [0, 0.05) is 49.5 Å². The number of aromatic nitrogens is 6. The summed E-state index contributed by atoms with van der Waals surface area (Å²) < 4.78 is 4.48. The molecule has 7 aromatic rings. The molecule has 9 nitrogen and oxygen atoms in total. The van der Waals surface area contributed by atoms with Gasteiger partial charge in [-0.3, -0.25) is 4.79 Å². The summed E-state index contributed by atoms with van der Waals surface area (Å²) in [6.07, 6.45) is 6.17. The summed E-state index contributed by atoms with van der Waals surface area (Å²) in [5.41, 5.74) is 10.5. The number of amides is 1. The minimum absolute atomic E-state index is 0.299. The van der Waals surface area contributed by atoms with E-state index in [9.17, 15) is 9.59 Å². The van der Waals surface area contributed by atoms with Gasteiger partial charge in [0.2, 0.25) is 0 Å². The van der Waals surface area contributed by atoms with Crippen LogP contribution in [0.5, 0.6) is 0 Å². The van der Waals surface area contributed by atoms with Crippen molar-refractivity contribution in [3.8, 4) is 22.5 Å². The van der Waals surface area contributed by atoms with Gasteiger partial charge in [-0.2, -0.15) is 0 Å². The van der Waals surface area contributed by atoms with Gasteiger partial charge in [-0.05, 0) is 65.9 Å². The van der Waals surface area contributed by atoms with Crippen LogP contribution in [0.4, 0.5) is 0 Å². The third kappa shape index (κ3) is 5.90. The van der Waals surface area contributed by atoms with Gasteiger partial charge in [-0.1, -0.05) is 61.5 Å². The number of carbonyl (C=O) groups is 2. The van der Waals surface area contributed by atoms with Crippen molar-refractivity contribution in [3.05, 3.63) is 126 Å². The van der Waals surface area contributed by atoms with Gasteiger partial charge in [0.1, 0.15) is 17.9 Å². The second kappa shape index (κ2) is 13.1. The third-order valence-electron chi connectivity index (χ3n) is 8.90. The predicted octanol–water partition coefficient (Wildman–Crippen LogP) is 6.83. The molecule has 0 radical (unpaired) electrons. The minimum atomic E-state index is -0.670. The zero-order valence-corrected chi connectivity index (χ0v) is 27.3. The zero-order valence-electron chi connectivity index (χ0n) is 27.3. The van der Waals surface area contributed by atoms with Crippen molar-refractivity contribution >= 4 is 34.3 Å². The fourth-order valence-electron chi connectivity index (χ4n) is 6.48. The summed E-state index contributed by atoms with van der Waals surface area (Å²) in [5, 5.41) is 2.87. The van der Waals surface area contributed by atoms with Crippen molar-refractivity contribution in [3.63, 3.8) is 0 Å². The number of aromatic amines is 1. The summed E-state index contributed by atoms with van der Waals surface area (Å²) in [4.78, 5) is 42.2. The molecule has 0 spiro atoms. The van der Waals surface area contributed by atoms with Crippen molar-refractivity contribution in [2.24, 2.45) is 7.05 Å². The Morgan fingerprint density at radius 1 is 0.958 bits per heavy atom. The lowest BCUT2D eigenvalue weighted by molar-refractivity contribution is -0.109. The number of benzene rings is 4. The van der Waals surface area contributed by atoms with E-state index in [1.807, 2.05) is 36.4 Å². The normalized spacial score (nSPS) is 12.1. The molecule has 48 heavy (non-hydrogen) atoms. The maximum Gasteiger partial charge on any atom is 0.252 e. The lowest BCUT2D eigenvalue weighted by atomic mass is 9.97. The van der Waals surface area contributed by atoms with Crippen molar-refractivity contribution < 1.29 is 9.59 Å². The van der Waals surface area contributed by atoms with Crippen LogP contribution in [0.1, 0.15) is 46.3 Å². The van der Waals surface area contributed by atoms with E-state index in [0.717, 1.165) is 86.4 Å². The number of nitrogens with one attached hydrogen (secondary N) is 2. The number of aryl methyl sites for hydroxylation is 3. The van der Waals surface area contributed by atoms with Gasteiger partial charge < -0.3 is 24.2 Å². The molecule has 7 rings (SSSR count). The number of rotatable bonds is 11. The van der Waals surface area contributed by atoms with Crippen LogP contribution >= 0.6 is 0 Å². The first kappa shape index (κ1) is 30.8. The SMILES string of the molecule is CCCc1nc2c(C)cc(-c3nc4ccccc4n3C)cc2n1Cc1ccc(-c2ccccc2C(=O)N[C@H](C=O)Cc2cnc[nH]2)cc1. The molecule has 3 aromatic heterocycles. The Bertz CT molecular complexity index is 2240. The van der Waals surface area contributed by atoms with Gasteiger partial charge in [-0.15, -0.1) is 0 Å². The topological polar surface area (TPSA) is 110 Å². The number of imidazole rings is 3. The zero-order chi connectivity index (χ0) is 33.2. The largest absolute Gasteiger partial charge is 0.348 e. The number of hydrogen-bond donors (Lipinski definition) is 2. The molecule has 2 N–H and O–H groups in total. The second-order valence-electron chi connectivity index (χ2n) is 12.2.